The van der Waals surface area contributed by atoms with Gasteiger partial charge in [-0.05, 0) is 13.0 Å². The molecule has 6 nitrogen and oxygen atoms in total. The summed E-state index contributed by atoms with van der Waals surface area (Å²) in [4.78, 5) is 20.9. The molecule has 0 atom stereocenters. The summed E-state index contributed by atoms with van der Waals surface area (Å²) < 4.78 is 0. The maximum absolute atomic E-state index is 11.4. The number of nitrogens with one attached hydrogen (secondary N) is 1. The Morgan fingerprint density at radius 2 is 2.40 bits per heavy atom. The molecule has 0 aliphatic heterocycles. The second kappa shape index (κ2) is 5.14. The summed E-state index contributed by atoms with van der Waals surface area (Å²) in [7, 11) is 1.74. The van der Waals surface area contributed by atoms with Crippen LogP contribution in [0.3, 0.4) is 0 Å². The highest BCUT2D eigenvalue weighted by atomic mass is 16.2. The van der Waals surface area contributed by atoms with Crippen LogP contribution >= 0.6 is 0 Å². The summed E-state index contributed by atoms with van der Waals surface area (Å²) in [6.07, 6.45) is 1.54. The SMILES string of the molecule is CCN(C)C(=O)CNc1nccc(N)n1. The lowest BCUT2D eigenvalue weighted by Gasteiger charge is -2.14. The molecule has 0 unspecified atom stereocenters. The van der Waals surface area contributed by atoms with Crippen molar-refractivity contribution in [3.8, 4) is 0 Å². The number of rotatable bonds is 4. The molecule has 1 heterocycles. The standard InChI is InChI=1S/C9H15N5O/c1-3-14(2)8(15)6-12-9-11-5-4-7(10)13-9/h4-5H,3,6H2,1-2H3,(H3,10,11,12,13). The van der Waals surface area contributed by atoms with Crippen LogP contribution < -0.4 is 11.1 Å². The normalized spacial score (nSPS) is 9.73. The first-order chi connectivity index (χ1) is 7.13. The maximum atomic E-state index is 11.4. The molecule has 0 aliphatic carbocycles. The zero-order valence-electron chi connectivity index (χ0n) is 8.90. The second-order valence-corrected chi connectivity index (χ2v) is 3.07. The van der Waals surface area contributed by atoms with Crippen LogP contribution in [-0.2, 0) is 4.79 Å². The monoisotopic (exact) mass is 209 g/mol. The van der Waals surface area contributed by atoms with Gasteiger partial charge >= 0.3 is 0 Å². The number of anilines is 2. The third-order valence-electron chi connectivity index (χ3n) is 1.97. The Labute approximate surface area is 88.5 Å². The van der Waals surface area contributed by atoms with Gasteiger partial charge in [0.05, 0.1) is 6.54 Å². The molecule has 0 saturated heterocycles. The Balaban J connectivity index is 2.47. The van der Waals surface area contributed by atoms with E-state index in [1.54, 1.807) is 24.2 Å². The van der Waals surface area contributed by atoms with Crippen molar-refractivity contribution >= 4 is 17.7 Å². The lowest BCUT2D eigenvalue weighted by atomic mass is 10.5. The van der Waals surface area contributed by atoms with E-state index in [1.807, 2.05) is 6.92 Å². The summed E-state index contributed by atoms with van der Waals surface area (Å²) in [5.41, 5.74) is 5.46. The summed E-state index contributed by atoms with van der Waals surface area (Å²) in [5.74, 6) is 0.736. The molecule has 1 aromatic heterocycles. The van der Waals surface area contributed by atoms with Gasteiger partial charge in [0.25, 0.3) is 0 Å². The van der Waals surface area contributed by atoms with Crippen molar-refractivity contribution < 1.29 is 4.79 Å². The van der Waals surface area contributed by atoms with Crippen molar-refractivity contribution in [1.82, 2.24) is 14.9 Å². The van der Waals surface area contributed by atoms with Crippen LogP contribution in [0.15, 0.2) is 12.3 Å². The van der Waals surface area contributed by atoms with Crippen LogP contribution in [0.2, 0.25) is 0 Å². The number of nitrogens with two attached hydrogens (primary N) is 1. The Bertz CT molecular complexity index is 341. The van der Waals surface area contributed by atoms with E-state index in [0.717, 1.165) is 0 Å². The molecule has 82 valence electrons. The molecular formula is C9H15N5O. The first-order valence-corrected chi connectivity index (χ1v) is 4.70. The minimum Gasteiger partial charge on any atom is -0.384 e. The van der Waals surface area contributed by atoms with Gasteiger partial charge in [-0.1, -0.05) is 0 Å². The number of hydrogen-bond donors (Lipinski definition) is 2. The minimum absolute atomic E-state index is 0.0106. The number of likely N-dealkylation sites (N-methyl/N-ethyl adjacent to an activating group) is 1. The molecule has 0 aliphatic rings. The van der Waals surface area contributed by atoms with Crippen molar-refractivity contribution in [2.24, 2.45) is 0 Å². The van der Waals surface area contributed by atoms with E-state index in [-0.39, 0.29) is 12.5 Å². The third kappa shape index (κ3) is 3.41. The van der Waals surface area contributed by atoms with E-state index in [1.165, 1.54) is 0 Å². The number of nitrogen functional groups attached to an aromatic ring is 1. The van der Waals surface area contributed by atoms with Crippen molar-refractivity contribution in [3.63, 3.8) is 0 Å². The van der Waals surface area contributed by atoms with Gasteiger partial charge in [-0.15, -0.1) is 0 Å². The van der Waals surface area contributed by atoms with Crippen LogP contribution in [0.25, 0.3) is 0 Å². The van der Waals surface area contributed by atoms with Gasteiger partial charge in [0, 0.05) is 19.8 Å². The molecule has 0 aromatic carbocycles. The van der Waals surface area contributed by atoms with Crippen LogP contribution in [0.1, 0.15) is 6.92 Å². The van der Waals surface area contributed by atoms with Gasteiger partial charge in [0.15, 0.2) is 0 Å². The number of aromatic nitrogens is 2. The van der Waals surface area contributed by atoms with E-state index >= 15 is 0 Å². The topological polar surface area (TPSA) is 84.1 Å². The van der Waals surface area contributed by atoms with Crippen LogP contribution in [0.4, 0.5) is 11.8 Å². The molecule has 0 radical (unpaired) electrons. The van der Waals surface area contributed by atoms with E-state index in [4.69, 9.17) is 5.73 Å². The van der Waals surface area contributed by atoms with Gasteiger partial charge in [-0.3, -0.25) is 4.79 Å². The Hall–Kier alpha value is -1.85. The quantitative estimate of drug-likeness (QED) is 0.726. The average Bonchev–Trinajstić information content (AvgIpc) is 2.25. The number of nitrogens with zero attached hydrogens (tertiary/aromatic N) is 3. The molecule has 1 amide bonds. The fraction of sp³-hybridized carbons (Fsp3) is 0.444. The highest BCUT2D eigenvalue weighted by Crippen LogP contribution is 2.00. The number of amides is 1. The molecule has 3 N–H and O–H groups in total. The summed E-state index contributed by atoms with van der Waals surface area (Å²) in [6, 6.07) is 1.59. The average molecular weight is 209 g/mol. The first-order valence-electron chi connectivity index (χ1n) is 4.70. The van der Waals surface area contributed by atoms with E-state index in [9.17, 15) is 4.79 Å². The Morgan fingerprint density at radius 3 is 3.00 bits per heavy atom. The molecule has 1 rings (SSSR count). The predicted molar refractivity (Wildman–Crippen MR) is 58.2 cm³/mol. The minimum atomic E-state index is -0.0106. The smallest absolute Gasteiger partial charge is 0.241 e. The number of hydrogen-bond acceptors (Lipinski definition) is 5. The Kier molecular flexibility index (Phi) is 3.84. The fourth-order valence-electron chi connectivity index (χ4n) is 0.924. The zero-order chi connectivity index (χ0) is 11.3. The fourth-order valence-corrected chi connectivity index (χ4v) is 0.924. The maximum Gasteiger partial charge on any atom is 0.241 e. The lowest BCUT2D eigenvalue weighted by Crippen LogP contribution is -2.32. The highest BCUT2D eigenvalue weighted by molar-refractivity contribution is 5.80. The number of carbonyl (C=O) groups excluding carboxylic acids is 1. The molecule has 0 spiro atoms. The van der Waals surface area contributed by atoms with Gasteiger partial charge in [0.2, 0.25) is 11.9 Å². The molecular weight excluding hydrogens is 194 g/mol. The van der Waals surface area contributed by atoms with Crippen molar-refractivity contribution in [2.45, 2.75) is 6.92 Å². The summed E-state index contributed by atoms with van der Waals surface area (Å²) in [6.45, 7) is 2.76. The molecule has 0 saturated carbocycles. The Morgan fingerprint density at radius 1 is 1.67 bits per heavy atom. The van der Waals surface area contributed by atoms with Crippen molar-refractivity contribution in [3.05, 3.63) is 12.3 Å². The van der Waals surface area contributed by atoms with Crippen molar-refractivity contribution in [1.29, 1.82) is 0 Å². The largest absolute Gasteiger partial charge is 0.384 e. The molecule has 15 heavy (non-hydrogen) atoms. The third-order valence-corrected chi connectivity index (χ3v) is 1.97. The molecule has 0 fully saturated rings. The van der Waals surface area contributed by atoms with Crippen LogP contribution in [0.5, 0.6) is 0 Å². The van der Waals surface area contributed by atoms with Gasteiger partial charge < -0.3 is 16.0 Å². The van der Waals surface area contributed by atoms with E-state index in [0.29, 0.717) is 18.3 Å². The first kappa shape index (κ1) is 11.2. The highest BCUT2D eigenvalue weighted by Gasteiger charge is 2.06. The van der Waals surface area contributed by atoms with Gasteiger partial charge in [0.1, 0.15) is 5.82 Å². The van der Waals surface area contributed by atoms with Gasteiger partial charge in [-0.2, -0.15) is 4.98 Å². The zero-order valence-corrected chi connectivity index (χ0v) is 8.90. The predicted octanol–water partition coefficient (Wildman–Crippen LogP) is -0.0510. The lowest BCUT2D eigenvalue weighted by molar-refractivity contribution is -0.127. The summed E-state index contributed by atoms with van der Waals surface area (Å²) >= 11 is 0. The van der Waals surface area contributed by atoms with Crippen molar-refractivity contribution in [2.75, 3.05) is 31.2 Å². The van der Waals surface area contributed by atoms with Gasteiger partial charge in [-0.25, -0.2) is 4.98 Å². The number of carbonyl (C=O) groups is 1. The molecule has 1 aromatic rings. The van der Waals surface area contributed by atoms with Crippen LogP contribution in [0, 0.1) is 0 Å². The molecule has 0 bridgehead atoms. The van der Waals surface area contributed by atoms with Crippen LogP contribution in [-0.4, -0.2) is 40.9 Å². The van der Waals surface area contributed by atoms with E-state index in [2.05, 4.69) is 15.3 Å². The summed E-state index contributed by atoms with van der Waals surface area (Å²) in [5, 5.41) is 2.81. The second-order valence-electron chi connectivity index (χ2n) is 3.07. The molecule has 6 heteroatoms. The van der Waals surface area contributed by atoms with E-state index < -0.39 is 0 Å².